The maximum absolute atomic E-state index is 13.2. The summed E-state index contributed by atoms with van der Waals surface area (Å²) in [6.07, 6.45) is 3.10. The highest BCUT2D eigenvalue weighted by Crippen LogP contribution is 2.28. The van der Waals surface area contributed by atoms with E-state index >= 15 is 0 Å². The lowest BCUT2D eigenvalue weighted by molar-refractivity contribution is -0.120. The van der Waals surface area contributed by atoms with Crippen LogP contribution in [0.2, 0.25) is 0 Å². The molecule has 1 aliphatic heterocycles. The second kappa shape index (κ2) is 4.82. The molecule has 0 spiro atoms. The number of halogens is 2. The van der Waals surface area contributed by atoms with Crippen LogP contribution in [-0.4, -0.2) is 11.9 Å². The van der Waals surface area contributed by atoms with Crippen LogP contribution < -0.4 is 4.90 Å². The van der Waals surface area contributed by atoms with Crippen molar-refractivity contribution >= 4 is 11.6 Å². The van der Waals surface area contributed by atoms with Crippen LogP contribution in [0, 0.1) is 11.6 Å². The molecule has 2 rings (SSSR count). The molecule has 0 saturated carbocycles. The third-order valence-corrected chi connectivity index (χ3v) is 3.21. The van der Waals surface area contributed by atoms with Crippen LogP contribution in [0.25, 0.3) is 0 Å². The first kappa shape index (κ1) is 12.0. The molecule has 0 unspecified atom stereocenters. The standard InChI is InChI=1S/C13H15F2NO/c1-2-9-4-3-5-13(17)16(9)10-6-7-11(14)12(15)8-10/h6-9H,2-5H2,1H3/t9-/m1/s1. The summed E-state index contributed by atoms with van der Waals surface area (Å²) >= 11 is 0. The number of benzene rings is 1. The largest absolute Gasteiger partial charge is 0.309 e. The van der Waals surface area contributed by atoms with Crippen LogP contribution in [0.15, 0.2) is 18.2 Å². The van der Waals surface area contributed by atoms with E-state index in [4.69, 9.17) is 0 Å². The Kier molecular flexibility index (Phi) is 3.41. The van der Waals surface area contributed by atoms with E-state index in [-0.39, 0.29) is 11.9 Å². The van der Waals surface area contributed by atoms with Gasteiger partial charge < -0.3 is 4.90 Å². The normalized spacial score (nSPS) is 20.8. The van der Waals surface area contributed by atoms with Crippen LogP contribution in [0.5, 0.6) is 0 Å². The third-order valence-electron chi connectivity index (χ3n) is 3.21. The van der Waals surface area contributed by atoms with Crippen LogP contribution in [-0.2, 0) is 4.79 Å². The highest BCUT2D eigenvalue weighted by atomic mass is 19.2. The average Bonchev–Trinajstić information content (AvgIpc) is 2.32. The maximum atomic E-state index is 13.2. The van der Waals surface area contributed by atoms with Gasteiger partial charge in [-0.15, -0.1) is 0 Å². The zero-order valence-electron chi connectivity index (χ0n) is 9.75. The van der Waals surface area contributed by atoms with Crippen LogP contribution >= 0.6 is 0 Å². The summed E-state index contributed by atoms with van der Waals surface area (Å²) in [6, 6.07) is 3.73. The van der Waals surface area contributed by atoms with Crippen molar-refractivity contribution in [3.8, 4) is 0 Å². The van der Waals surface area contributed by atoms with E-state index in [1.807, 2.05) is 6.92 Å². The molecule has 1 amide bonds. The summed E-state index contributed by atoms with van der Waals surface area (Å²) in [4.78, 5) is 13.5. The van der Waals surface area contributed by atoms with Crippen molar-refractivity contribution in [2.45, 2.75) is 38.6 Å². The summed E-state index contributed by atoms with van der Waals surface area (Å²) in [5.74, 6) is -1.80. The number of piperidine rings is 1. The van der Waals surface area contributed by atoms with Crippen molar-refractivity contribution in [3.63, 3.8) is 0 Å². The topological polar surface area (TPSA) is 20.3 Å². The summed E-state index contributed by atoms with van der Waals surface area (Å²) in [6.45, 7) is 2.00. The molecule has 1 atom stereocenters. The number of nitrogens with zero attached hydrogens (tertiary/aromatic N) is 1. The molecule has 1 fully saturated rings. The molecule has 2 nitrogen and oxygen atoms in total. The Balaban J connectivity index is 2.34. The van der Waals surface area contributed by atoms with Crippen molar-refractivity contribution in [1.29, 1.82) is 0 Å². The SMILES string of the molecule is CC[C@@H]1CCCC(=O)N1c1ccc(F)c(F)c1. The van der Waals surface area contributed by atoms with Crippen LogP contribution in [0.1, 0.15) is 32.6 Å². The number of anilines is 1. The van der Waals surface area contributed by atoms with Crippen LogP contribution in [0.4, 0.5) is 14.5 Å². The van der Waals surface area contributed by atoms with Gasteiger partial charge in [0.25, 0.3) is 0 Å². The fourth-order valence-corrected chi connectivity index (χ4v) is 2.32. The molecule has 17 heavy (non-hydrogen) atoms. The molecule has 0 N–H and O–H groups in total. The van der Waals surface area contributed by atoms with E-state index < -0.39 is 11.6 Å². The molecule has 1 heterocycles. The molecule has 1 aromatic carbocycles. The highest BCUT2D eigenvalue weighted by molar-refractivity contribution is 5.94. The van der Waals surface area contributed by atoms with E-state index in [2.05, 4.69) is 0 Å². The van der Waals surface area contributed by atoms with E-state index in [0.29, 0.717) is 12.1 Å². The number of rotatable bonds is 2. The van der Waals surface area contributed by atoms with Gasteiger partial charge in [-0.25, -0.2) is 8.78 Å². The molecule has 0 radical (unpaired) electrons. The molecular formula is C13H15F2NO. The van der Waals surface area contributed by atoms with Gasteiger partial charge in [-0.3, -0.25) is 4.79 Å². The summed E-state index contributed by atoms with van der Waals surface area (Å²) in [5.41, 5.74) is 0.459. The molecule has 1 saturated heterocycles. The van der Waals surface area contributed by atoms with Gasteiger partial charge in [0.15, 0.2) is 11.6 Å². The molecule has 92 valence electrons. The minimum atomic E-state index is -0.907. The second-order valence-electron chi connectivity index (χ2n) is 4.32. The quantitative estimate of drug-likeness (QED) is 0.775. The lowest BCUT2D eigenvalue weighted by Gasteiger charge is -2.35. The molecule has 0 bridgehead atoms. The van der Waals surface area contributed by atoms with Gasteiger partial charge in [0.1, 0.15) is 0 Å². The summed E-state index contributed by atoms with van der Waals surface area (Å²) in [5, 5.41) is 0. The van der Waals surface area contributed by atoms with Crippen molar-refractivity contribution in [2.75, 3.05) is 4.90 Å². The predicted octanol–water partition coefficient (Wildman–Crippen LogP) is 3.26. The van der Waals surface area contributed by atoms with Gasteiger partial charge in [-0.2, -0.15) is 0 Å². The third kappa shape index (κ3) is 2.30. The van der Waals surface area contributed by atoms with Gasteiger partial charge in [0.2, 0.25) is 5.91 Å². The Morgan fingerprint density at radius 3 is 2.76 bits per heavy atom. The minimum Gasteiger partial charge on any atom is -0.309 e. The smallest absolute Gasteiger partial charge is 0.227 e. The molecule has 0 aromatic heterocycles. The van der Waals surface area contributed by atoms with Crippen LogP contribution in [0.3, 0.4) is 0 Å². The summed E-state index contributed by atoms with van der Waals surface area (Å²) in [7, 11) is 0. The molecule has 1 aromatic rings. The first-order chi connectivity index (χ1) is 8.13. The maximum Gasteiger partial charge on any atom is 0.227 e. The van der Waals surface area contributed by atoms with Gasteiger partial charge in [-0.05, 0) is 31.4 Å². The molecular weight excluding hydrogens is 224 g/mol. The minimum absolute atomic E-state index is 0.00546. The lowest BCUT2D eigenvalue weighted by atomic mass is 9.98. The fraction of sp³-hybridized carbons (Fsp3) is 0.462. The Morgan fingerprint density at radius 2 is 2.12 bits per heavy atom. The van der Waals surface area contributed by atoms with Crippen molar-refractivity contribution in [3.05, 3.63) is 29.8 Å². The monoisotopic (exact) mass is 239 g/mol. The number of carbonyl (C=O) groups is 1. The zero-order valence-corrected chi connectivity index (χ0v) is 9.75. The van der Waals surface area contributed by atoms with Crippen molar-refractivity contribution < 1.29 is 13.6 Å². The highest BCUT2D eigenvalue weighted by Gasteiger charge is 2.28. The summed E-state index contributed by atoms with van der Waals surface area (Å²) < 4.78 is 26.0. The Morgan fingerprint density at radius 1 is 1.35 bits per heavy atom. The lowest BCUT2D eigenvalue weighted by Crippen LogP contribution is -2.43. The van der Waals surface area contributed by atoms with Gasteiger partial charge in [0, 0.05) is 24.2 Å². The number of hydrogen-bond acceptors (Lipinski definition) is 1. The molecule has 0 aliphatic carbocycles. The molecule has 4 heteroatoms. The predicted molar refractivity (Wildman–Crippen MR) is 61.8 cm³/mol. The van der Waals surface area contributed by atoms with Crippen molar-refractivity contribution in [1.82, 2.24) is 0 Å². The van der Waals surface area contributed by atoms with Gasteiger partial charge >= 0.3 is 0 Å². The number of carbonyl (C=O) groups excluding carboxylic acids is 1. The van der Waals surface area contributed by atoms with E-state index in [1.54, 1.807) is 4.90 Å². The first-order valence-corrected chi connectivity index (χ1v) is 5.90. The van der Waals surface area contributed by atoms with Crippen molar-refractivity contribution in [2.24, 2.45) is 0 Å². The van der Waals surface area contributed by atoms with E-state index in [9.17, 15) is 13.6 Å². The average molecular weight is 239 g/mol. The Hall–Kier alpha value is -1.45. The van der Waals surface area contributed by atoms with Gasteiger partial charge in [-0.1, -0.05) is 6.92 Å². The number of amides is 1. The fourth-order valence-electron chi connectivity index (χ4n) is 2.32. The first-order valence-electron chi connectivity index (χ1n) is 5.90. The molecule has 1 aliphatic rings. The number of hydrogen-bond donors (Lipinski definition) is 0. The zero-order chi connectivity index (χ0) is 12.4. The van der Waals surface area contributed by atoms with E-state index in [0.717, 1.165) is 31.4 Å². The Labute approximate surface area is 99.2 Å². The second-order valence-corrected chi connectivity index (χ2v) is 4.32. The van der Waals surface area contributed by atoms with Gasteiger partial charge in [0.05, 0.1) is 0 Å². The van der Waals surface area contributed by atoms with E-state index in [1.165, 1.54) is 6.07 Å². The Bertz CT molecular complexity index is 433.